The number of carbonyl (C=O) groups excluding carboxylic acids is 1. The van der Waals surface area contributed by atoms with Gasteiger partial charge in [-0.15, -0.1) is 7.05 Å². The summed E-state index contributed by atoms with van der Waals surface area (Å²) < 4.78 is 0. The average molecular weight is 387 g/mol. The first kappa shape index (κ1) is 17.4. The van der Waals surface area contributed by atoms with E-state index in [9.17, 15) is 4.79 Å². The molecule has 0 N–H and O–H groups in total. The Hall–Kier alpha value is 0.0252. The number of halogens is 1. The number of aliphatic imine (C=N–C) groups is 1. The molecule has 2 aromatic rings. The van der Waals surface area contributed by atoms with E-state index in [0.717, 1.165) is 21.0 Å². The minimum Gasteiger partial charge on any atom is -0.652 e. The second-order valence-corrected chi connectivity index (χ2v) is 5.77. The van der Waals surface area contributed by atoms with Crippen LogP contribution in [0, 0.1) is 0 Å². The van der Waals surface area contributed by atoms with Crippen molar-refractivity contribution in [1.82, 2.24) is 0 Å². The maximum absolute atomic E-state index is 11.6. The summed E-state index contributed by atoms with van der Waals surface area (Å²) >= 11 is 7.62. The summed E-state index contributed by atoms with van der Waals surface area (Å²) in [6, 6.07) is 11.1. The molecule has 1 aliphatic heterocycles. The zero-order valence-electron chi connectivity index (χ0n) is 11.6. The second-order valence-electron chi connectivity index (χ2n) is 4.25. The van der Waals surface area contributed by atoms with Crippen LogP contribution in [-0.2, 0) is 0 Å². The molecule has 0 fully saturated rings. The van der Waals surface area contributed by atoms with Gasteiger partial charge < -0.3 is 10.1 Å². The van der Waals surface area contributed by atoms with Crippen LogP contribution < -0.4 is 58.2 Å². The minimum atomic E-state index is -0.238. The smallest absolute Gasteiger partial charge is 0.652 e. The van der Waals surface area contributed by atoms with Crippen LogP contribution in [0.15, 0.2) is 51.2 Å². The van der Waals surface area contributed by atoms with E-state index < -0.39 is 0 Å². The molecule has 6 heteroatoms. The first-order valence-corrected chi connectivity index (χ1v) is 7.16. The van der Waals surface area contributed by atoms with Gasteiger partial charge in [0.2, 0.25) is 0 Å². The molecule has 3 rings (SSSR count). The van der Waals surface area contributed by atoms with Crippen molar-refractivity contribution in [3.05, 3.63) is 57.9 Å². The fraction of sp³-hybridized carbons (Fsp3) is 0.0667. The molecule has 1 amide bonds. The molecule has 0 saturated carbocycles. The van der Waals surface area contributed by atoms with E-state index in [4.69, 9.17) is 11.6 Å². The van der Waals surface area contributed by atoms with Crippen LogP contribution in [0.5, 0.6) is 0 Å². The zero-order valence-corrected chi connectivity index (χ0v) is 18.1. The summed E-state index contributed by atoms with van der Waals surface area (Å²) in [5.74, 6) is -0.238. The summed E-state index contributed by atoms with van der Waals surface area (Å²) in [6.45, 7) is 0. The minimum absolute atomic E-state index is 0. The molecule has 1 aliphatic rings. The Labute approximate surface area is 181 Å². The van der Waals surface area contributed by atoms with Gasteiger partial charge in [-0.05, 0) is 24.3 Å². The molecule has 21 heavy (non-hydrogen) atoms. The molecular formula is C15H10ClN2ORbS. The van der Waals surface area contributed by atoms with Gasteiger partial charge in [-0.2, -0.15) is 0 Å². The summed E-state index contributed by atoms with van der Waals surface area (Å²) in [6.07, 6.45) is 1.79. The topological polar surface area (TPSA) is 43.5 Å². The van der Waals surface area contributed by atoms with Gasteiger partial charge in [0.05, 0.1) is 11.6 Å². The van der Waals surface area contributed by atoms with Crippen molar-refractivity contribution < 1.29 is 63.0 Å². The fourth-order valence-electron chi connectivity index (χ4n) is 1.93. The van der Waals surface area contributed by atoms with Gasteiger partial charge in [-0.25, -0.2) is 0 Å². The summed E-state index contributed by atoms with van der Waals surface area (Å²) in [7, 11) is 1.49. The molecule has 1 heterocycles. The van der Waals surface area contributed by atoms with E-state index in [1.54, 1.807) is 30.1 Å². The standard InChI is InChI=1S/C15H11ClN2OS.Rb/c1-17-15(19)9-3-5-13-12(6-9)18-8-10-2-4-11(16)7-14(10)20-13;/h2-8H,1H3,(H,17,19);/q;+1/p-1. The molecule has 3 nitrogen and oxygen atoms in total. The van der Waals surface area contributed by atoms with Gasteiger partial charge in [-0.3, -0.25) is 4.99 Å². The number of fused-ring (bicyclic) bond motifs is 2. The van der Waals surface area contributed by atoms with Gasteiger partial charge in [0.15, 0.2) is 0 Å². The molecule has 2 aromatic carbocycles. The molecule has 0 aromatic heterocycles. The Balaban J connectivity index is 0.00000161. The van der Waals surface area contributed by atoms with Crippen LogP contribution in [0.4, 0.5) is 5.69 Å². The third-order valence-corrected chi connectivity index (χ3v) is 4.32. The quantitative estimate of drug-likeness (QED) is 0.638. The van der Waals surface area contributed by atoms with Crippen molar-refractivity contribution in [3.8, 4) is 0 Å². The van der Waals surface area contributed by atoms with E-state index in [-0.39, 0.29) is 64.1 Å². The molecule has 0 spiro atoms. The molecule has 0 atom stereocenters. The number of amides is 1. The predicted octanol–water partition coefficient (Wildman–Crippen LogP) is 1.70. The number of benzene rings is 2. The summed E-state index contributed by atoms with van der Waals surface area (Å²) in [5.41, 5.74) is 2.34. The van der Waals surface area contributed by atoms with Crippen LogP contribution in [0.25, 0.3) is 5.32 Å². The zero-order chi connectivity index (χ0) is 14.1. The van der Waals surface area contributed by atoms with Gasteiger partial charge in [0, 0.05) is 32.2 Å². The normalized spacial score (nSPS) is 11.7. The summed E-state index contributed by atoms with van der Waals surface area (Å²) in [4.78, 5) is 18.1. The molecule has 0 saturated heterocycles. The van der Waals surface area contributed by atoms with Gasteiger partial charge in [0.25, 0.3) is 0 Å². The van der Waals surface area contributed by atoms with Crippen LogP contribution >= 0.6 is 23.4 Å². The van der Waals surface area contributed by atoms with E-state index in [1.165, 1.54) is 7.05 Å². The Kier molecular flexibility index (Phi) is 6.23. The molecule has 100 valence electrons. The van der Waals surface area contributed by atoms with E-state index in [2.05, 4.69) is 10.3 Å². The largest absolute Gasteiger partial charge is 1.00 e. The molecule has 0 unspecified atom stereocenters. The van der Waals surface area contributed by atoms with Crippen molar-refractivity contribution in [1.29, 1.82) is 0 Å². The Morgan fingerprint density at radius 2 is 2.00 bits per heavy atom. The molecular weight excluding hydrogens is 377 g/mol. The van der Waals surface area contributed by atoms with E-state index in [0.29, 0.717) is 10.6 Å². The molecule has 0 radical (unpaired) electrons. The van der Waals surface area contributed by atoms with E-state index in [1.807, 2.05) is 24.3 Å². The van der Waals surface area contributed by atoms with Gasteiger partial charge in [0.1, 0.15) is 0 Å². The van der Waals surface area contributed by atoms with Gasteiger partial charge >= 0.3 is 58.2 Å². The third kappa shape index (κ3) is 3.87. The van der Waals surface area contributed by atoms with Crippen molar-refractivity contribution in [2.45, 2.75) is 9.79 Å². The van der Waals surface area contributed by atoms with Crippen LogP contribution in [0.2, 0.25) is 5.02 Å². The van der Waals surface area contributed by atoms with Crippen LogP contribution in [0.3, 0.4) is 0 Å². The van der Waals surface area contributed by atoms with Crippen LogP contribution in [0.1, 0.15) is 15.9 Å². The first-order chi connectivity index (χ1) is 9.67. The first-order valence-electron chi connectivity index (χ1n) is 5.97. The molecule has 0 aliphatic carbocycles. The van der Waals surface area contributed by atoms with Crippen molar-refractivity contribution in [2.24, 2.45) is 4.99 Å². The van der Waals surface area contributed by atoms with Crippen molar-refractivity contribution in [2.75, 3.05) is 7.05 Å². The Morgan fingerprint density at radius 1 is 1.19 bits per heavy atom. The number of nitrogens with zero attached hydrogens (tertiary/aromatic N) is 2. The number of hydrogen-bond donors (Lipinski definition) is 0. The SMILES string of the molecule is C[N-]C(=O)c1ccc2c(c1)N=Cc1ccc(Cl)cc1S2.[Rb+]. The predicted molar refractivity (Wildman–Crippen MR) is 82.9 cm³/mol. The monoisotopic (exact) mass is 386 g/mol. The fourth-order valence-corrected chi connectivity index (χ4v) is 3.18. The maximum Gasteiger partial charge on any atom is 1.00 e. The van der Waals surface area contributed by atoms with Gasteiger partial charge in [-0.1, -0.05) is 35.5 Å². The maximum atomic E-state index is 11.6. The number of carbonyl (C=O) groups is 1. The number of hydrogen-bond acceptors (Lipinski definition) is 3. The van der Waals surface area contributed by atoms with Crippen molar-refractivity contribution in [3.63, 3.8) is 0 Å². The number of rotatable bonds is 1. The molecule has 0 bridgehead atoms. The average Bonchev–Trinajstić information content (AvgIpc) is 2.64. The van der Waals surface area contributed by atoms with Crippen LogP contribution in [-0.4, -0.2) is 19.2 Å². The van der Waals surface area contributed by atoms with Crippen molar-refractivity contribution >= 4 is 41.2 Å². The Bertz CT molecular complexity index is 734. The van der Waals surface area contributed by atoms with E-state index >= 15 is 0 Å². The third-order valence-electron chi connectivity index (χ3n) is 2.95. The Morgan fingerprint density at radius 3 is 2.76 bits per heavy atom. The second kappa shape index (κ2) is 7.53. The summed E-state index contributed by atoms with van der Waals surface area (Å²) in [5, 5.41) is 4.37.